The zero-order chi connectivity index (χ0) is 42.6. The highest BCUT2D eigenvalue weighted by Gasteiger charge is 2.33. The van der Waals surface area contributed by atoms with Crippen molar-refractivity contribution in [2.45, 2.75) is 57.6 Å². The van der Waals surface area contributed by atoms with E-state index in [0.717, 1.165) is 36.3 Å². The van der Waals surface area contributed by atoms with E-state index in [1.165, 1.54) is 0 Å². The van der Waals surface area contributed by atoms with Crippen molar-refractivity contribution >= 4 is 54.2 Å². The Morgan fingerprint density at radius 1 is 0.683 bits per heavy atom. The van der Waals surface area contributed by atoms with Gasteiger partial charge in [0.25, 0.3) is 20.2 Å². The summed E-state index contributed by atoms with van der Waals surface area (Å²) >= 11 is 4.85. The predicted molar refractivity (Wildman–Crippen MR) is 229 cm³/mol. The average molecular weight is 938 g/mol. The third kappa shape index (κ3) is 16.9. The lowest BCUT2D eigenvalue weighted by Crippen LogP contribution is -2.33. The summed E-state index contributed by atoms with van der Waals surface area (Å²) in [6.45, 7) is 5.94. The van der Waals surface area contributed by atoms with Crippen LogP contribution in [0.15, 0.2) is 29.1 Å². The van der Waals surface area contributed by atoms with Gasteiger partial charge in [0.05, 0.1) is 103 Å². The highest BCUT2D eigenvalue weighted by atomic mass is 32.2. The van der Waals surface area contributed by atoms with E-state index in [1.807, 2.05) is 17.0 Å². The third-order valence-electron chi connectivity index (χ3n) is 9.00. The van der Waals surface area contributed by atoms with Crippen molar-refractivity contribution in [3.63, 3.8) is 0 Å². The van der Waals surface area contributed by atoms with E-state index in [1.54, 1.807) is 45.8 Å². The molecule has 5 heterocycles. The lowest BCUT2D eigenvalue weighted by atomic mass is 10.1. The maximum atomic E-state index is 11.0. The molecule has 0 bridgehead atoms. The number of hydrogen-bond donors (Lipinski definition) is 2. The SMILES string of the molecule is COCCOCCOCCOCCc1cn(CC2COc3c(-c4sccc4CCOCCCCS(=O)(=O)O)sc(-c4sccc4CCOCCCCS(=O)(=O)O)c3O2)nn1. The summed E-state index contributed by atoms with van der Waals surface area (Å²) in [5.74, 6) is 0.803. The molecule has 1 aliphatic heterocycles. The number of aromatic nitrogens is 3. The molecule has 17 nitrogen and oxygen atoms in total. The standard InChI is InChI=1S/C38H55N3O14S5/c1-48-16-17-52-20-21-53-19-18-51-15-8-31-26-41(40-39-31)27-32-28-54-33-34(55-32)38(36-30(10-23-57-36)7-14-50-12-3-5-25-60(45,46)47)58-37(33)35-29(9-22-56-35)6-13-49-11-2-4-24-59(42,43)44/h9-10,22-23,26,32H,2-8,11-21,24-25,27-28H2,1H3,(H,42,43,44)(H,45,46,47). The maximum absolute atomic E-state index is 11.0. The van der Waals surface area contributed by atoms with Gasteiger partial charge in [0.15, 0.2) is 17.6 Å². The van der Waals surface area contributed by atoms with E-state index < -0.39 is 20.2 Å². The van der Waals surface area contributed by atoms with Crippen LogP contribution >= 0.6 is 34.0 Å². The molecule has 1 aliphatic rings. The Morgan fingerprint density at radius 3 is 1.77 bits per heavy atom. The van der Waals surface area contributed by atoms with Gasteiger partial charge in [-0.25, -0.2) is 4.68 Å². The van der Waals surface area contributed by atoms with Crippen LogP contribution in [0.25, 0.3) is 19.5 Å². The summed E-state index contributed by atoms with van der Waals surface area (Å²) < 4.78 is 110. The van der Waals surface area contributed by atoms with Gasteiger partial charge in [0.2, 0.25) is 0 Å². The van der Waals surface area contributed by atoms with E-state index in [0.29, 0.717) is 142 Å². The number of unbranched alkanes of at least 4 members (excludes halogenated alkanes) is 2. The molecular formula is C38H55N3O14S5. The van der Waals surface area contributed by atoms with Crippen molar-refractivity contribution in [1.82, 2.24) is 15.0 Å². The molecule has 0 saturated heterocycles. The number of ether oxygens (including phenoxy) is 8. The second-order valence-electron chi connectivity index (χ2n) is 13.7. The normalized spacial score (nSPS) is 14.3. The second kappa shape index (κ2) is 25.5. The van der Waals surface area contributed by atoms with Gasteiger partial charge in [-0.3, -0.25) is 9.11 Å². The third-order valence-corrected chi connectivity index (χ3v) is 14.0. The molecule has 4 aromatic rings. The summed E-state index contributed by atoms with van der Waals surface area (Å²) in [4.78, 5) is 4.04. The molecule has 0 fully saturated rings. The van der Waals surface area contributed by atoms with Crippen LogP contribution in [-0.4, -0.2) is 145 Å². The van der Waals surface area contributed by atoms with Gasteiger partial charge >= 0.3 is 0 Å². The molecule has 2 N–H and O–H groups in total. The Bertz CT molecular complexity index is 2060. The van der Waals surface area contributed by atoms with Gasteiger partial charge in [0.1, 0.15) is 6.61 Å². The molecule has 22 heteroatoms. The summed E-state index contributed by atoms with van der Waals surface area (Å²) in [5.41, 5.74) is 2.99. The highest BCUT2D eigenvalue weighted by molar-refractivity contribution is 7.86. The molecule has 4 aromatic heterocycles. The number of fused-ring (bicyclic) bond motifs is 1. The molecule has 1 unspecified atom stereocenters. The summed E-state index contributed by atoms with van der Waals surface area (Å²) in [7, 11) is -6.33. The fraction of sp³-hybridized carbons (Fsp3) is 0.632. The summed E-state index contributed by atoms with van der Waals surface area (Å²) in [6.07, 6.45) is 5.14. The number of rotatable bonds is 32. The first-order valence-corrected chi connectivity index (χ1v) is 25.6. The topological polar surface area (TPSA) is 213 Å². The average Bonchev–Trinajstić information content (AvgIpc) is 4.02. The van der Waals surface area contributed by atoms with E-state index in [-0.39, 0.29) is 17.6 Å². The molecule has 0 amide bonds. The van der Waals surface area contributed by atoms with Crippen molar-refractivity contribution in [1.29, 1.82) is 0 Å². The number of methoxy groups -OCH3 is 1. The molecule has 0 radical (unpaired) electrons. The van der Waals surface area contributed by atoms with E-state index in [4.69, 9.17) is 47.0 Å². The van der Waals surface area contributed by atoms with Gasteiger partial charge in [-0.15, -0.1) is 39.1 Å². The van der Waals surface area contributed by atoms with Crippen LogP contribution < -0.4 is 9.47 Å². The van der Waals surface area contributed by atoms with Crippen LogP contribution in [0.3, 0.4) is 0 Å². The molecule has 0 aromatic carbocycles. The second-order valence-corrected chi connectivity index (χ2v) is 19.7. The molecule has 5 rings (SSSR count). The molecule has 0 spiro atoms. The Hall–Kier alpha value is -2.58. The first-order valence-electron chi connectivity index (χ1n) is 19.8. The van der Waals surface area contributed by atoms with Crippen LogP contribution in [0.1, 0.15) is 42.5 Å². The minimum Gasteiger partial charge on any atom is -0.484 e. The Balaban J connectivity index is 1.20. The Morgan fingerprint density at radius 2 is 1.20 bits per heavy atom. The van der Waals surface area contributed by atoms with E-state index in [2.05, 4.69) is 22.4 Å². The lowest BCUT2D eigenvalue weighted by Gasteiger charge is -2.26. The number of hydrogen-bond acceptors (Lipinski definition) is 17. The molecule has 1 atom stereocenters. The summed E-state index contributed by atoms with van der Waals surface area (Å²) in [6, 6.07) is 4.15. The Kier molecular flexibility index (Phi) is 20.6. The van der Waals surface area contributed by atoms with Gasteiger partial charge in [-0.1, -0.05) is 5.21 Å². The van der Waals surface area contributed by atoms with Gasteiger partial charge in [-0.2, -0.15) is 16.8 Å². The zero-order valence-corrected chi connectivity index (χ0v) is 37.8. The smallest absolute Gasteiger partial charge is 0.264 e. The molecule has 60 heavy (non-hydrogen) atoms. The predicted octanol–water partition coefficient (Wildman–Crippen LogP) is 5.33. The Labute approximate surface area is 363 Å². The first-order chi connectivity index (χ1) is 29.0. The number of thiophene rings is 3. The van der Waals surface area contributed by atoms with Gasteiger partial charge in [-0.05, 0) is 72.5 Å². The van der Waals surface area contributed by atoms with Crippen molar-refractivity contribution in [3.05, 3.63) is 45.9 Å². The van der Waals surface area contributed by atoms with Crippen molar-refractivity contribution in [2.75, 3.05) is 97.9 Å². The summed E-state index contributed by atoms with van der Waals surface area (Å²) in [5, 5.41) is 12.8. The fourth-order valence-electron chi connectivity index (χ4n) is 6.03. The molecule has 0 saturated carbocycles. The molecular weight excluding hydrogens is 883 g/mol. The van der Waals surface area contributed by atoms with Crippen molar-refractivity contribution in [3.8, 4) is 31.0 Å². The van der Waals surface area contributed by atoms with Crippen LogP contribution in [0, 0.1) is 0 Å². The monoisotopic (exact) mass is 937 g/mol. The maximum Gasteiger partial charge on any atom is 0.264 e. The minimum atomic E-state index is -3.98. The molecule has 0 aliphatic carbocycles. The minimum absolute atomic E-state index is 0.279. The van der Waals surface area contributed by atoms with Gasteiger partial charge < -0.3 is 37.9 Å². The zero-order valence-electron chi connectivity index (χ0n) is 33.7. The van der Waals surface area contributed by atoms with Crippen LogP contribution in [-0.2, 0) is 74.5 Å². The van der Waals surface area contributed by atoms with Crippen LogP contribution in [0.2, 0.25) is 0 Å². The largest absolute Gasteiger partial charge is 0.484 e. The van der Waals surface area contributed by atoms with Gasteiger partial charge in [0, 0.05) is 32.9 Å². The quantitative estimate of drug-likeness (QED) is 0.0468. The van der Waals surface area contributed by atoms with Crippen LogP contribution in [0.5, 0.6) is 11.5 Å². The van der Waals surface area contributed by atoms with E-state index in [9.17, 15) is 16.8 Å². The number of nitrogens with zero attached hydrogens (tertiary/aromatic N) is 3. The first kappa shape index (κ1) is 48.5. The van der Waals surface area contributed by atoms with E-state index >= 15 is 0 Å². The van der Waals surface area contributed by atoms with Crippen molar-refractivity contribution in [2.24, 2.45) is 0 Å². The van der Waals surface area contributed by atoms with Crippen molar-refractivity contribution < 1.29 is 63.8 Å². The van der Waals surface area contributed by atoms with Crippen LogP contribution in [0.4, 0.5) is 0 Å². The fourth-order valence-corrected chi connectivity index (χ4v) is 10.6. The highest BCUT2D eigenvalue weighted by Crippen LogP contribution is 2.57. The lowest BCUT2D eigenvalue weighted by molar-refractivity contribution is 0.00400. The molecule has 336 valence electrons.